The Hall–Kier alpha value is -2.05. The lowest BCUT2D eigenvalue weighted by molar-refractivity contribution is 0.270. The zero-order valence-electron chi connectivity index (χ0n) is 9.01. The standard InChI is InChI=1S/C13H12N2O/c1-15-13(10-16)12(9-14-15)8-7-11-5-3-2-4-6-11/h2-6,9,16H,10H2,1H3. The van der Waals surface area contributed by atoms with Crippen LogP contribution in [0.2, 0.25) is 0 Å². The van der Waals surface area contributed by atoms with Crippen molar-refractivity contribution in [3.63, 3.8) is 0 Å². The summed E-state index contributed by atoms with van der Waals surface area (Å²) in [5, 5.41) is 13.2. The van der Waals surface area contributed by atoms with Crippen LogP contribution in [-0.4, -0.2) is 14.9 Å². The molecule has 0 fully saturated rings. The van der Waals surface area contributed by atoms with Gasteiger partial charge >= 0.3 is 0 Å². The SMILES string of the molecule is Cn1ncc(C#Cc2ccccc2)c1CO. The van der Waals surface area contributed by atoms with Crippen molar-refractivity contribution in [3.05, 3.63) is 53.3 Å². The minimum Gasteiger partial charge on any atom is -0.390 e. The van der Waals surface area contributed by atoms with Gasteiger partial charge in [0.05, 0.1) is 24.1 Å². The predicted molar refractivity (Wildman–Crippen MR) is 61.6 cm³/mol. The zero-order chi connectivity index (χ0) is 11.4. The third kappa shape index (κ3) is 2.13. The van der Waals surface area contributed by atoms with Gasteiger partial charge < -0.3 is 5.11 Å². The quantitative estimate of drug-likeness (QED) is 0.724. The van der Waals surface area contributed by atoms with E-state index in [2.05, 4.69) is 16.9 Å². The smallest absolute Gasteiger partial charge is 0.0862 e. The van der Waals surface area contributed by atoms with Crippen LogP contribution in [0, 0.1) is 11.8 Å². The fourth-order valence-corrected chi connectivity index (χ4v) is 1.42. The number of aliphatic hydroxyl groups is 1. The van der Waals surface area contributed by atoms with Crippen LogP contribution in [0.1, 0.15) is 16.8 Å². The van der Waals surface area contributed by atoms with Crippen LogP contribution in [0.3, 0.4) is 0 Å². The Morgan fingerprint density at radius 2 is 2.00 bits per heavy atom. The maximum Gasteiger partial charge on any atom is 0.0862 e. The zero-order valence-corrected chi connectivity index (χ0v) is 9.01. The Balaban J connectivity index is 2.31. The second kappa shape index (κ2) is 4.65. The summed E-state index contributed by atoms with van der Waals surface area (Å²) in [6.07, 6.45) is 1.67. The summed E-state index contributed by atoms with van der Waals surface area (Å²) >= 11 is 0. The van der Waals surface area contributed by atoms with E-state index in [4.69, 9.17) is 5.11 Å². The van der Waals surface area contributed by atoms with Gasteiger partial charge in [0, 0.05) is 12.6 Å². The van der Waals surface area contributed by atoms with Crippen LogP contribution in [0.15, 0.2) is 36.5 Å². The van der Waals surface area contributed by atoms with E-state index in [1.54, 1.807) is 17.9 Å². The average molecular weight is 212 g/mol. The van der Waals surface area contributed by atoms with Gasteiger partial charge in [0.1, 0.15) is 0 Å². The molecule has 3 nitrogen and oxygen atoms in total. The van der Waals surface area contributed by atoms with Gasteiger partial charge in [0.25, 0.3) is 0 Å². The largest absolute Gasteiger partial charge is 0.390 e. The molecule has 0 aliphatic heterocycles. The van der Waals surface area contributed by atoms with Crippen LogP contribution in [0.5, 0.6) is 0 Å². The molecular formula is C13H12N2O. The normalized spacial score (nSPS) is 9.62. The van der Waals surface area contributed by atoms with Gasteiger partial charge in [-0.2, -0.15) is 5.10 Å². The van der Waals surface area contributed by atoms with Gasteiger partial charge in [-0.1, -0.05) is 30.0 Å². The molecule has 0 amide bonds. The maximum atomic E-state index is 9.16. The number of aryl methyl sites for hydroxylation is 1. The van der Waals surface area contributed by atoms with E-state index in [-0.39, 0.29) is 6.61 Å². The van der Waals surface area contributed by atoms with Crippen LogP contribution < -0.4 is 0 Å². The molecule has 0 saturated heterocycles. The van der Waals surface area contributed by atoms with Crippen molar-refractivity contribution in [1.29, 1.82) is 0 Å². The Morgan fingerprint density at radius 3 is 2.69 bits per heavy atom. The minimum absolute atomic E-state index is 0.0463. The number of rotatable bonds is 1. The molecule has 3 heteroatoms. The molecule has 0 spiro atoms. The molecule has 2 rings (SSSR count). The van der Waals surface area contributed by atoms with Gasteiger partial charge in [-0.15, -0.1) is 0 Å². The van der Waals surface area contributed by atoms with Crippen molar-refractivity contribution in [3.8, 4) is 11.8 Å². The molecule has 80 valence electrons. The molecule has 16 heavy (non-hydrogen) atoms. The topological polar surface area (TPSA) is 38.0 Å². The first kappa shape index (κ1) is 10.5. The number of benzene rings is 1. The number of nitrogens with zero attached hydrogens (tertiary/aromatic N) is 2. The Morgan fingerprint density at radius 1 is 1.25 bits per heavy atom. The first-order chi connectivity index (χ1) is 7.81. The highest BCUT2D eigenvalue weighted by molar-refractivity contribution is 5.43. The van der Waals surface area contributed by atoms with E-state index in [0.717, 1.165) is 16.8 Å². The van der Waals surface area contributed by atoms with Crippen molar-refractivity contribution in [2.45, 2.75) is 6.61 Å². The number of hydrogen-bond donors (Lipinski definition) is 1. The molecule has 0 radical (unpaired) electrons. The molecule has 1 aromatic heterocycles. The summed E-state index contributed by atoms with van der Waals surface area (Å²) in [4.78, 5) is 0. The van der Waals surface area contributed by atoms with Crippen LogP contribution >= 0.6 is 0 Å². The summed E-state index contributed by atoms with van der Waals surface area (Å²) in [6.45, 7) is -0.0463. The fourth-order valence-electron chi connectivity index (χ4n) is 1.42. The summed E-state index contributed by atoms with van der Waals surface area (Å²) in [6, 6.07) is 9.73. The molecular weight excluding hydrogens is 200 g/mol. The first-order valence-corrected chi connectivity index (χ1v) is 5.00. The molecule has 0 aliphatic rings. The molecule has 1 heterocycles. The van der Waals surface area contributed by atoms with E-state index < -0.39 is 0 Å². The van der Waals surface area contributed by atoms with E-state index in [9.17, 15) is 0 Å². The van der Waals surface area contributed by atoms with Gasteiger partial charge in [-0.05, 0) is 12.1 Å². The van der Waals surface area contributed by atoms with Crippen LogP contribution in [0.4, 0.5) is 0 Å². The van der Waals surface area contributed by atoms with Gasteiger partial charge in [-0.25, -0.2) is 0 Å². The third-order valence-electron chi connectivity index (χ3n) is 2.33. The number of aromatic nitrogens is 2. The van der Waals surface area contributed by atoms with Gasteiger partial charge in [0.2, 0.25) is 0 Å². The summed E-state index contributed by atoms with van der Waals surface area (Å²) < 4.78 is 1.63. The summed E-state index contributed by atoms with van der Waals surface area (Å²) in [5.41, 5.74) is 2.47. The summed E-state index contributed by atoms with van der Waals surface area (Å²) in [5.74, 6) is 6.04. The van der Waals surface area contributed by atoms with Crippen molar-refractivity contribution in [2.24, 2.45) is 7.05 Å². The highest BCUT2D eigenvalue weighted by Gasteiger charge is 2.03. The van der Waals surface area contributed by atoms with Crippen molar-refractivity contribution in [1.82, 2.24) is 9.78 Å². The second-order valence-corrected chi connectivity index (χ2v) is 3.40. The van der Waals surface area contributed by atoms with E-state index in [1.807, 2.05) is 30.3 Å². The lowest BCUT2D eigenvalue weighted by atomic mass is 10.2. The Bertz CT molecular complexity index is 532. The Kier molecular flexibility index (Phi) is 3.04. The van der Waals surface area contributed by atoms with Gasteiger partial charge in [-0.3, -0.25) is 4.68 Å². The molecule has 1 N–H and O–H groups in total. The average Bonchev–Trinajstić information content (AvgIpc) is 2.68. The molecule has 1 aromatic carbocycles. The lowest BCUT2D eigenvalue weighted by Crippen LogP contribution is -1.98. The molecule has 0 unspecified atom stereocenters. The minimum atomic E-state index is -0.0463. The van der Waals surface area contributed by atoms with Crippen molar-refractivity contribution < 1.29 is 5.11 Å². The Labute approximate surface area is 94.3 Å². The van der Waals surface area contributed by atoms with Crippen LogP contribution in [-0.2, 0) is 13.7 Å². The van der Waals surface area contributed by atoms with Crippen LogP contribution in [0.25, 0.3) is 0 Å². The highest BCUT2D eigenvalue weighted by atomic mass is 16.3. The van der Waals surface area contributed by atoms with E-state index in [0.29, 0.717) is 0 Å². The summed E-state index contributed by atoms with van der Waals surface area (Å²) in [7, 11) is 1.79. The lowest BCUT2D eigenvalue weighted by Gasteiger charge is -1.96. The highest BCUT2D eigenvalue weighted by Crippen LogP contribution is 2.05. The number of hydrogen-bond acceptors (Lipinski definition) is 2. The van der Waals surface area contributed by atoms with Crippen molar-refractivity contribution in [2.75, 3.05) is 0 Å². The monoisotopic (exact) mass is 212 g/mol. The third-order valence-corrected chi connectivity index (χ3v) is 2.33. The predicted octanol–water partition coefficient (Wildman–Crippen LogP) is 1.31. The van der Waals surface area contributed by atoms with Crippen molar-refractivity contribution >= 4 is 0 Å². The second-order valence-electron chi connectivity index (χ2n) is 3.40. The molecule has 2 aromatic rings. The molecule has 0 saturated carbocycles. The first-order valence-electron chi connectivity index (χ1n) is 5.00. The fraction of sp³-hybridized carbons (Fsp3) is 0.154. The van der Waals surface area contributed by atoms with E-state index >= 15 is 0 Å². The van der Waals surface area contributed by atoms with E-state index in [1.165, 1.54) is 0 Å². The molecule has 0 atom stereocenters. The maximum absolute atomic E-state index is 9.16. The molecule has 0 bridgehead atoms. The van der Waals surface area contributed by atoms with Gasteiger partial charge in [0.15, 0.2) is 0 Å². The molecule has 0 aliphatic carbocycles. The number of aliphatic hydroxyl groups excluding tert-OH is 1.